The third-order valence-corrected chi connectivity index (χ3v) is 6.66. The van der Waals surface area contributed by atoms with Gasteiger partial charge in [-0.15, -0.1) is 0 Å². The summed E-state index contributed by atoms with van der Waals surface area (Å²) in [6.45, 7) is 7.38. The highest BCUT2D eigenvalue weighted by molar-refractivity contribution is 5.80. The molecule has 1 unspecified atom stereocenters. The summed E-state index contributed by atoms with van der Waals surface area (Å²) < 4.78 is 13.9. The molecule has 0 radical (unpaired) electrons. The van der Waals surface area contributed by atoms with Crippen LogP contribution in [0.25, 0.3) is 11.0 Å². The van der Waals surface area contributed by atoms with Crippen molar-refractivity contribution in [1.29, 1.82) is 0 Å². The molecule has 0 aliphatic carbocycles. The van der Waals surface area contributed by atoms with Crippen molar-refractivity contribution >= 4 is 16.9 Å². The summed E-state index contributed by atoms with van der Waals surface area (Å²) in [7, 11) is 0. The molecular formula is C29H39N3O3. The van der Waals surface area contributed by atoms with Crippen molar-refractivity contribution in [2.24, 2.45) is 0 Å². The predicted octanol–water partition coefficient (Wildman–Crippen LogP) is 5.64. The van der Waals surface area contributed by atoms with E-state index in [1.54, 1.807) is 0 Å². The number of nitrogens with one attached hydrogen (secondary N) is 1. The van der Waals surface area contributed by atoms with E-state index in [0.29, 0.717) is 25.7 Å². The van der Waals surface area contributed by atoms with Crippen LogP contribution in [0.3, 0.4) is 0 Å². The van der Waals surface area contributed by atoms with E-state index < -0.39 is 0 Å². The van der Waals surface area contributed by atoms with Crippen LogP contribution >= 0.6 is 0 Å². The quantitative estimate of drug-likeness (QED) is 0.324. The summed E-state index contributed by atoms with van der Waals surface area (Å²) in [5.74, 6) is 2.62. The van der Waals surface area contributed by atoms with Gasteiger partial charge in [-0.05, 0) is 61.8 Å². The number of nitrogens with zero attached hydrogens (tertiary/aromatic N) is 2. The Morgan fingerprint density at radius 2 is 1.94 bits per heavy atom. The maximum absolute atomic E-state index is 12.1. The summed E-state index contributed by atoms with van der Waals surface area (Å²) in [6, 6.07) is 16.7. The minimum Gasteiger partial charge on any atom is -0.493 e. The van der Waals surface area contributed by atoms with E-state index in [4.69, 9.17) is 14.5 Å². The molecular weight excluding hydrogens is 438 g/mol. The third-order valence-electron chi connectivity index (χ3n) is 6.66. The molecule has 2 heterocycles. The number of benzene rings is 2. The Morgan fingerprint density at radius 1 is 1.11 bits per heavy atom. The lowest BCUT2D eigenvalue weighted by Crippen LogP contribution is -2.34. The number of ether oxygens (including phenoxy) is 2. The van der Waals surface area contributed by atoms with Crippen LogP contribution in [-0.4, -0.2) is 41.3 Å². The first kappa shape index (κ1) is 25.2. The number of rotatable bonds is 13. The van der Waals surface area contributed by atoms with Crippen LogP contribution in [0, 0.1) is 0 Å². The molecule has 1 aromatic heterocycles. The van der Waals surface area contributed by atoms with E-state index in [1.165, 1.54) is 11.1 Å². The number of imidazole rings is 1. The second-order valence-corrected chi connectivity index (χ2v) is 9.67. The van der Waals surface area contributed by atoms with Crippen LogP contribution in [0.5, 0.6) is 5.75 Å². The van der Waals surface area contributed by atoms with Crippen LogP contribution in [0.1, 0.15) is 69.7 Å². The standard InChI is InChI=1S/C29H39N3O3/c1-22(2)23-12-5-8-15-26(23)34-21-11-19-32-25-14-7-6-13-24(25)31-28(32)17-4-3-9-18-30-29(33)27-16-10-20-35-27/h5-8,12-15,22,27H,3-4,9-11,16-21H2,1-2H3,(H,30,33). The zero-order chi connectivity index (χ0) is 24.5. The van der Waals surface area contributed by atoms with Crippen LogP contribution in [0.4, 0.5) is 0 Å². The number of amides is 1. The molecule has 4 rings (SSSR count). The average molecular weight is 478 g/mol. The molecule has 2 aromatic carbocycles. The molecule has 188 valence electrons. The zero-order valence-electron chi connectivity index (χ0n) is 21.2. The van der Waals surface area contributed by atoms with Gasteiger partial charge in [0.15, 0.2) is 0 Å². The predicted molar refractivity (Wildman–Crippen MR) is 140 cm³/mol. The van der Waals surface area contributed by atoms with Crippen molar-refractivity contribution < 1.29 is 14.3 Å². The largest absolute Gasteiger partial charge is 0.493 e. The Hall–Kier alpha value is -2.86. The van der Waals surface area contributed by atoms with E-state index in [-0.39, 0.29) is 12.0 Å². The lowest BCUT2D eigenvalue weighted by atomic mass is 10.0. The number of hydrogen-bond acceptors (Lipinski definition) is 4. The number of aryl methyl sites for hydroxylation is 2. The van der Waals surface area contributed by atoms with Gasteiger partial charge in [0.05, 0.1) is 17.6 Å². The highest BCUT2D eigenvalue weighted by atomic mass is 16.5. The molecule has 1 saturated heterocycles. The number of fused-ring (bicyclic) bond motifs is 1. The van der Waals surface area contributed by atoms with E-state index in [2.05, 4.69) is 60.1 Å². The van der Waals surface area contributed by atoms with Crippen LogP contribution in [0.15, 0.2) is 48.5 Å². The van der Waals surface area contributed by atoms with Gasteiger partial charge in [-0.1, -0.05) is 50.6 Å². The molecule has 1 N–H and O–H groups in total. The fraction of sp³-hybridized carbons (Fsp3) is 0.517. The molecule has 0 saturated carbocycles. The fourth-order valence-corrected chi connectivity index (χ4v) is 4.75. The van der Waals surface area contributed by atoms with Crippen molar-refractivity contribution in [3.8, 4) is 5.75 Å². The van der Waals surface area contributed by atoms with Crippen LogP contribution < -0.4 is 10.1 Å². The van der Waals surface area contributed by atoms with Crippen molar-refractivity contribution in [3.63, 3.8) is 0 Å². The van der Waals surface area contributed by atoms with Gasteiger partial charge in [-0.25, -0.2) is 4.98 Å². The third kappa shape index (κ3) is 6.85. The van der Waals surface area contributed by atoms with Crippen molar-refractivity contribution in [3.05, 3.63) is 59.9 Å². The molecule has 35 heavy (non-hydrogen) atoms. The summed E-state index contributed by atoms with van der Waals surface area (Å²) in [5, 5.41) is 3.02. The SMILES string of the molecule is CC(C)c1ccccc1OCCCn1c(CCCCCNC(=O)C2CCCO2)nc2ccccc21. The van der Waals surface area contributed by atoms with E-state index in [1.807, 2.05) is 12.1 Å². The van der Waals surface area contributed by atoms with Crippen LogP contribution in [0.2, 0.25) is 0 Å². The molecule has 1 aliphatic heterocycles. The van der Waals surface area contributed by atoms with Crippen molar-refractivity contribution in [2.75, 3.05) is 19.8 Å². The van der Waals surface area contributed by atoms with Gasteiger partial charge in [0.2, 0.25) is 5.91 Å². The molecule has 1 amide bonds. The van der Waals surface area contributed by atoms with Gasteiger partial charge in [-0.3, -0.25) is 4.79 Å². The van der Waals surface area contributed by atoms with E-state index in [9.17, 15) is 4.79 Å². The molecule has 0 bridgehead atoms. The smallest absolute Gasteiger partial charge is 0.249 e. The lowest BCUT2D eigenvalue weighted by molar-refractivity contribution is -0.130. The van der Waals surface area contributed by atoms with Gasteiger partial charge in [0.25, 0.3) is 0 Å². The Balaban J connectivity index is 1.25. The van der Waals surface area contributed by atoms with Crippen molar-refractivity contribution in [2.45, 2.75) is 77.4 Å². The van der Waals surface area contributed by atoms with Crippen molar-refractivity contribution in [1.82, 2.24) is 14.9 Å². The normalized spacial score (nSPS) is 15.7. The van der Waals surface area contributed by atoms with Gasteiger partial charge >= 0.3 is 0 Å². The first-order valence-electron chi connectivity index (χ1n) is 13.2. The Labute approximate surface area is 209 Å². The molecule has 6 nitrogen and oxygen atoms in total. The Bertz CT molecular complexity index is 1090. The number of hydrogen-bond donors (Lipinski definition) is 1. The molecule has 1 fully saturated rings. The maximum atomic E-state index is 12.1. The van der Waals surface area contributed by atoms with E-state index in [0.717, 1.165) is 68.6 Å². The zero-order valence-corrected chi connectivity index (χ0v) is 21.2. The minimum atomic E-state index is -0.238. The Morgan fingerprint density at radius 3 is 2.77 bits per heavy atom. The summed E-state index contributed by atoms with van der Waals surface area (Å²) in [5.41, 5.74) is 3.50. The summed E-state index contributed by atoms with van der Waals surface area (Å²) in [4.78, 5) is 17.0. The Kier molecular flexibility index (Phi) is 9.18. The first-order chi connectivity index (χ1) is 17.1. The number of unbranched alkanes of at least 4 members (excludes halogenated alkanes) is 2. The number of aromatic nitrogens is 2. The number of carbonyl (C=O) groups is 1. The van der Waals surface area contributed by atoms with Gasteiger partial charge in [-0.2, -0.15) is 0 Å². The summed E-state index contributed by atoms with van der Waals surface area (Å²) >= 11 is 0. The van der Waals surface area contributed by atoms with Gasteiger partial charge < -0.3 is 19.4 Å². The molecule has 1 aliphatic rings. The monoisotopic (exact) mass is 477 g/mol. The number of carbonyl (C=O) groups excluding carboxylic acids is 1. The molecule has 6 heteroatoms. The minimum absolute atomic E-state index is 0.0440. The highest BCUT2D eigenvalue weighted by Gasteiger charge is 2.22. The summed E-state index contributed by atoms with van der Waals surface area (Å²) in [6.07, 6.45) is 6.54. The number of para-hydroxylation sites is 3. The second kappa shape index (κ2) is 12.7. The topological polar surface area (TPSA) is 65.4 Å². The van der Waals surface area contributed by atoms with Crippen LogP contribution in [-0.2, 0) is 22.5 Å². The molecule has 0 spiro atoms. The lowest BCUT2D eigenvalue weighted by Gasteiger charge is -2.14. The van der Waals surface area contributed by atoms with Gasteiger partial charge in [0.1, 0.15) is 17.7 Å². The average Bonchev–Trinajstić information content (AvgIpc) is 3.52. The molecule has 1 atom stereocenters. The second-order valence-electron chi connectivity index (χ2n) is 9.67. The first-order valence-corrected chi connectivity index (χ1v) is 13.2. The molecule has 3 aromatic rings. The van der Waals surface area contributed by atoms with Gasteiger partial charge in [0, 0.05) is 26.1 Å². The van der Waals surface area contributed by atoms with E-state index >= 15 is 0 Å². The highest BCUT2D eigenvalue weighted by Crippen LogP contribution is 2.26. The fourth-order valence-electron chi connectivity index (χ4n) is 4.75. The maximum Gasteiger partial charge on any atom is 0.249 e.